The molecule has 168 valence electrons. The predicted octanol–water partition coefficient (Wildman–Crippen LogP) is 4.37. The highest BCUT2D eigenvalue weighted by molar-refractivity contribution is 8.01. The molecule has 1 aliphatic rings. The number of carbonyl (C=O) groups excluding carboxylic acids is 3. The third kappa shape index (κ3) is 6.27. The normalized spacial score (nSPS) is 13.4. The van der Waals surface area contributed by atoms with E-state index in [1.54, 1.807) is 20.8 Å². The number of esters is 1. The van der Waals surface area contributed by atoms with Gasteiger partial charge in [0.2, 0.25) is 16.9 Å². The lowest BCUT2D eigenvalue weighted by Crippen LogP contribution is -2.17. The average molecular weight is 483 g/mol. The topological polar surface area (TPSA) is 110 Å². The average Bonchev–Trinajstić information content (AvgIpc) is 3.23. The molecular formula is C20H26N4O4S3. The molecule has 0 aromatic carbocycles. The maximum Gasteiger partial charge on any atom is 0.341 e. The van der Waals surface area contributed by atoms with Crippen molar-refractivity contribution < 1.29 is 19.1 Å². The lowest BCUT2D eigenvalue weighted by Gasteiger charge is -2.08. The molecule has 0 radical (unpaired) electrons. The summed E-state index contributed by atoms with van der Waals surface area (Å²) in [5.41, 5.74) is 1.54. The monoisotopic (exact) mass is 482 g/mol. The van der Waals surface area contributed by atoms with Gasteiger partial charge in [0, 0.05) is 10.8 Å². The minimum atomic E-state index is -0.375. The summed E-state index contributed by atoms with van der Waals surface area (Å²) < 4.78 is 5.84. The summed E-state index contributed by atoms with van der Waals surface area (Å²) in [5.74, 6) is -0.762. The molecule has 0 fully saturated rings. The fraction of sp³-hybridized carbons (Fsp3) is 0.550. The molecule has 2 aromatic heterocycles. The fourth-order valence-electron chi connectivity index (χ4n) is 3.11. The molecule has 11 heteroatoms. The SMILES string of the molecule is CCOC(=O)c1c(NC(=O)CSc2nnc(NC(=O)C(C)C)s2)sc2c1CCCCC2. The minimum Gasteiger partial charge on any atom is -0.462 e. The predicted molar refractivity (Wildman–Crippen MR) is 124 cm³/mol. The summed E-state index contributed by atoms with van der Waals surface area (Å²) in [6.07, 6.45) is 5.02. The van der Waals surface area contributed by atoms with Crippen LogP contribution in [0.3, 0.4) is 0 Å². The zero-order valence-corrected chi connectivity index (χ0v) is 20.2. The van der Waals surface area contributed by atoms with Crippen molar-refractivity contribution in [3.05, 3.63) is 16.0 Å². The number of aryl methyl sites for hydroxylation is 1. The number of nitrogens with zero attached hydrogens (tertiary/aromatic N) is 2. The molecule has 0 saturated carbocycles. The lowest BCUT2D eigenvalue weighted by molar-refractivity contribution is -0.119. The second-order valence-electron chi connectivity index (χ2n) is 7.34. The molecule has 0 unspecified atom stereocenters. The Hall–Kier alpha value is -1.98. The first kappa shape index (κ1) is 23.7. The fourth-order valence-corrected chi connectivity index (χ4v) is 5.96. The maximum atomic E-state index is 12.6. The number of anilines is 2. The van der Waals surface area contributed by atoms with Gasteiger partial charge in [0.25, 0.3) is 0 Å². The number of thiophene rings is 1. The Morgan fingerprint density at radius 3 is 2.61 bits per heavy atom. The van der Waals surface area contributed by atoms with Crippen molar-refractivity contribution in [1.29, 1.82) is 0 Å². The Morgan fingerprint density at radius 2 is 1.87 bits per heavy atom. The van der Waals surface area contributed by atoms with E-state index in [1.807, 2.05) is 0 Å². The molecule has 2 amide bonds. The molecule has 1 aliphatic carbocycles. The Morgan fingerprint density at radius 1 is 1.10 bits per heavy atom. The van der Waals surface area contributed by atoms with Crippen LogP contribution in [-0.2, 0) is 27.2 Å². The van der Waals surface area contributed by atoms with E-state index in [-0.39, 0.29) is 29.5 Å². The third-order valence-electron chi connectivity index (χ3n) is 4.64. The molecule has 2 N–H and O–H groups in total. The van der Waals surface area contributed by atoms with Gasteiger partial charge in [-0.1, -0.05) is 43.4 Å². The van der Waals surface area contributed by atoms with E-state index in [1.165, 1.54) is 34.4 Å². The van der Waals surface area contributed by atoms with Crippen LogP contribution in [0.15, 0.2) is 4.34 Å². The molecule has 2 aromatic rings. The largest absolute Gasteiger partial charge is 0.462 e. The van der Waals surface area contributed by atoms with Crippen LogP contribution in [0, 0.1) is 5.92 Å². The van der Waals surface area contributed by atoms with Crippen molar-refractivity contribution in [2.75, 3.05) is 23.0 Å². The number of ether oxygens (including phenoxy) is 1. The molecule has 0 spiro atoms. The number of hydrogen-bond donors (Lipinski definition) is 2. The van der Waals surface area contributed by atoms with Gasteiger partial charge in [-0.25, -0.2) is 4.79 Å². The molecule has 0 bridgehead atoms. The van der Waals surface area contributed by atoms with Gasteiger partial charge in [-0.15, -0.1) is 21.5 Å². The van der Waals surface area contributed by atoms with Gasteiger partial charge in [0.1, 0.15) is 5.00 Å². The summed E-state index contributed by atoms with van der Waals surface area (Å²) >= 11 is 3.94. The van der Waals surface area contributed by atoms with E-state index in [0.29, 0.717) is 26.6 Å². The zero-order chi connectivity index (χ0) is 22.4. The van der Waals surface area contributed by atoms with Crippen LogP contribution in [0.5, 0.6) is 0 Å². The zero-order valence-electron chi connectivity index (χ0n) is 17.8. The van der Waals surface area contributed by atoms with E-state index in [0.717, 1.165) is 42.5 Å². The van der Waals surface area contributed by atoms with Gasteiger partial charge < -0.3 is 15.4 Å². The van der Waals surface area contributed by atoms with Crippen LogP contribution in [0.4, 0.5) is 10.1 Å². The number of nitrogens with one attached hydrogen (secondary N) is 2. The number of hydrogen-bond acceptors (Lipinski definition) is 9. The van der Waals surface area contributed by atoms with Crippen molar-refractivity contribution in [3.8, 4) is 0 Å². The molecular weight excluding hydrogens is 456 g/mol. The van der Waals surface area contributed by atoms with Crippen molar-refractivity contribution >= 4 is 62.4 Å². The maximum absolute atomic E-state index is 12.6. The first-order valence-corrected chi connectivity index (χ1v) is 12.9. The van der Waals surface area contributed by atoms with Crippen molar-refractivity contribution in [3.63, 3.8) is 0 Å². The van der Waals surface area contributed by atoms with Crippen LogP contribution < -0.4 is 10.6 Å². The summed E-state index contributed by atoms with van der Waals surface area (Å²) in [6, 6.07) is 0. The van der Waals surface area contributed by atoms with Crippen molar-refractivity contribution in [2.24, 2.45) is 5.92 Å². The van der Waals surface area contributed by atoms with E-state index >= 15 is 0 Å². The number of carbonyl (C=O) groups is 3. The summed E-state index contributed by atoms with van der Waals surface area (Å²) in [6.45, 7) is 5.66. The molecule has 31 heavy (non-hydrogen) atoms. The van der Waals surface area contributed by atoms with E-state index in [9.17, 15) is 14.4 Å². The number of rotatable bonds is 8. The molecule has 0 saturated heterocycles. The standard InChI is InChI=1S/C20H26N4O4S3/c1-4-28-18(27)15-12-8-6-5-7-9-13(12)30-17(15)21-14(25)10-29-20-24-23-19(31-20)22-16(26)11(2)3/h11H,4-10H2,1-3H3,(H,21,25)(H,22,23,26). The van der Waals surface area contributed by atoms with Gasteiger partial charge in [-0.3, -0.25) is 9.59 Å². The van der Waals surface area contributed by atoms with Crippen LogP contribution in [0.1, 0.15) is 60.8 Å². The van der Waals surface area contributed by atoms with Gasteiger partial charge in [-0.05, 0) is 38.2 Å². The molecule has 8 nitrogen and oxygen atoms in total. The second-order valence-corrected chi connectivity index (χ2v) is 10.6. The number of amides is 2. The summed E-state index contributed by atoms with van der Waals surface area (Å²) in [7, 11) is 0. The highest BCUT2D eigenvalue weighted by Gasteiger charge is 2.26. The summed E-state index contributed by atoms with van der Waals surface area (Å²) in [4.78, 5) is 38.1. The number of aromatic nitrogens is 2. The third-order valence-corrected chi connectivity index (χ3v) is 7.82. The van der Waals surface area contributed by atoms with E-state index in [2.05, 4.69) is 20.8 Å². The highest BCUT2D eigenvalue weighted by atomic mass is 32.2. The van der Waals surface area contributed by atoms with Gasteiger partial charge in [0.15, 0.2) is 4.34 Å². The van der Waals surface area contributed by atoms with Crippen LogP contribution in [0.25, 0.3) is 0 Å². The van der Waals surface area contributed by atoms with E-state index in [4.69, 9.17) is 4.74 Å². The first-order valence-electron chi connectivity index (χ1n) is 10.3. The minimum absolute atomic E-state index is 0.123. The second kappa shape index (κ2) is 11.1. The summed E-state index contributed by atoms with van der Waals surface area (Å²) in [5, 5.41) is 14.5. The van der Waals surface area contributed by atoms with Gasteiger partial charge in [-0.2, -0.15) is 0 Å². The number of thioether (sulfide) groups is 1. The first-order chi connectivity index (χ1) is 14.9. The quantitative estimate of drug-likeness (QED) is 0.249. The Kier molecular flexibility index (Phi) is 8.44. The number of fused-ring (bicyclic) bond motifs is 1. The van der Waals surface area contributed by atoms with Crippen molar-refractivity contribution in [1.82, 2.24) is 10.2 Å². The van der Waals surface area contributed by atoms with Gasteiger partial charge in [0.05, 0.1) is 17.9 Å². The Bertz CT molecular complexity index is 954. The van der Waals surface area contributed by atoms with Crippen LogP contribution >= 0.6 is 34.4 Å². The highest BCUT2D eigenvalue weighted by Crippen LogP contribution is 2.38. The lowest BCUT2D eigenvalue weighted by atomic mass is 10.1. The Balaban J connectivity index is 1.65. The van der Waals surface area contributed by atoms with Crippen molar-refractivity contribution in [2.45, 2.75) is 57.2 Å². The molecule has 2 heterocycles. The molecule has 0 atom stereocenters. The Labute approximate surface area is 193 Å². The van der Waals surface area contributed by atoms with Gasteiger partial charge >= 0.3 is 5.97 Å². The van der Waals surface area contributed by atoms with Crippen LogP contribution in [-0.4, -0.2) is 40.3 Å². The molecule has 3 rings (SSSR count). The molecule has 0 aliphatic heterocycles. The van der Waals surface area contributed by atoms with E-state index < -0.39 is 0 Å². The van der Waals surface area contributed by atoms with Crippen LogP contribution in [0.2, 0.25) is 0 Å². The smallest absolute Gasteiger partial charge is 0.341 e.